The van der Waals surface area contributed by atoms with E-state index in [-0.39, 0.29) is 5.04 Å². The van der Waals surface area contributed by atoms with Gasteiger partial charge in [0.25, 0.3) is 8.32 Å². The number of fused-ring (bicyclic) bond motifs is 1. The van der Waals surface area contributed by atoms with Crippen LogP contribution in [0.5, 0.6) is 11.5 Å². The number of carbonyl (C=O) groups is 1. The van der Waals surface area contributed by atoms with Crippen LogP contribution in [-0.4, -0.2) is 47.3 Å². The maximum atomic E-state index is 12.4. The summed E-state index contributed by atoms with van der Waals surface area (Å²) in [6, 6.07) is 10.7. The number of nitrogens with zero attached hydrogens (tertiary/aromatic N) is 3. The lowest BCUT2D eigenvalue weighted by atomic mass is 9.99. The average molecular weight is 501 g/mol. The summed E-state index contributed by atoms with van der Waals surface area (Å²) >= 11 is 0. The Labute approximate surface area is 207 Å². The Morgan fingerprint density at radius 3 is 2.29 bits per heavy atom. The molecule has 1 aromatic heterocycles. The molecule has 2 N–H and O–H groups in total. The Morgan fingerprint density at radius 1 is 1.06 bits per heavy atom. The van der Waals surface area contributed by atoms with Crippen molar-refractivity contribution < 1.29 is 23.8 Å². The molecule has 35 heavy (non-hydrogen) atoms. The molecular weight excluding hydrogens is 464 g/mol. The molecule has 3 rings (SSSR count). The van der Waals surface area contributed by atoms with E-state index >= 15 is 0 Å². The number of rotatable bonds is 6. The summed E-state index contributed by atoms with van der Waals surface area (Å²) in [5.41, 5.74) is 3.91. The molecule has 2 aromatic carbocycles. The molecular formula is C25H36N4O5Si. The van der Waals surface area contributed by atoms with E-state index in [1.807, 2.05) is 18.2 Å². The van der Waals surface area contributed by atoms with Crippen LogP contribution in [0.15, 0.2) is 36.4 Å². The molecule has 3 aromatic rings. The number of nitrogens with one attached hydrogen (secondary N) is 1. The predicted molar refractivity (Wildman–Crippen MR) is 138 cm³/mol. The van der Waals surface area contributed by atoms with Crippen LogP contribution in [0.25, 0.3) is 11.0 Å². The second-order valence-corrected chi connectivity index (χ2v) is 15.7. The molecule has 0 saturated carbocycles. The first-order valence-electron chi connectivity index (χ1n) is 11.5. The molecule has 0 bridgehead atoms. The van der Waals surface area contributed by atoms with Crippen molar-refractivity contribution in [3.63, 3.8) is 0 Å². The molecule has 1 amide bonds. The van der Waals surface area contributed by atoms with E-state index in [9.17, 15) is 9.90 Å². The summed E-state index contributed by atoms with van der Waals surface area (Å²) in [6.07, 6.45) is -1.79. The number of aliphatic hydroxyl groups is 1. The number of aromatic nitrogens is 3. The number of para-hydroxylation sites is 2. The van der Waals surface area contributed by atoms with Gasteiger partial charge in [-0.05, 0) is 56.2 Å². The van der Waals surface area contributed by atoms with Crippen molar-refractivity contribution in [2.45, 2.75) is 71.4 Å². The quantitative estimate of drug-likeness (QED) is 0.437. The van der Waals surface area contributed by atoms with Gasteiger partial charge in [-0.25, -0.2) is 10.2 Å². The van der Waals surface area contributed by atoms with E-state index in [4.69, 9.17) is 13.9 Å². The lowest BCUT2D eigenvalue weighted by Gasteiger charge is -2.37. The van der Waals surface area contributed by atoms with E-state index in [1.54, 1.807) is 46.1 Å². The van der Waals surface area contributed by atoms with Crippen LogP contribution >= 0.6 is 0 Å². The average Bonchev–Trinajstić information content (AvgIpc) is 3.13. The highest BCUT2D eigenvalue weighted by molar-refractivity contribution is 6.74. The van der Waals surface area contributed by atoms with Crippen molar-refractivity contribution in [1.29, 1.82) is 0 Å². The topological polar surface area (TPSA) is 108 Å². The van der Waals surface area contributed by atoms with Crippen molar-refractivity contribution in [2.75, 3.05) is 12.5 Å². The van der Waals surface area contributed by atoms with Gasteiger partial charge < -0.3 is 19.0 Å². The van der Waals surface area contributed by atoms with Crippen LogP contribution in [0.1, 0.15) is 58.8 Å². The molecule has 0 radical (unpaired) electrons. The Hall–Kier alpha value is -3.11. The van der Waals surface area contributed by atoms with E-state index in [0.29, 0.717) is 33.7 Å². The standard InChI is InChI=1S/C25H36N4O5Si/c1-24(2,3)33-23(31)27-29-20-16(12-10-14-18(20)26-28-29)21(30)17-13-11-15-19(32-7)22(17)34-35(8,9)25(4,5)6/h10-15,21,30H,1-9H3,(H,27,31). The minimum Gasteiger partial charge on any atom is -0.541 e. The Balaban J connectivity index is 2.09. The molecule has 0 aliphatic carbocycles. The summed E-state index contributed by atoms with van der Waals surface area (Å²) in [5.74, 6) is 1.04. The maximum absolute atomic E-state index is 12.4. The zero-order valence-corrected chi connectivity index (χ0v) is 23.0. The molecule has 0 aliphatic heterocycles. The predicted octanol–water partition coefficient (Wildman–Crippen LogP) is 5.38. The zero-order chi connectivity index (χ0) is 26.2. The van der Waals surface area contributed by atoms with Crippen molar-refractivity contribution in [1.82, 2.24) is 15.1 Å². The van der Waals surface area contributed by atoms with Crippen LogP contribution < -0.4 is 14.6 Å². The van der Waals surface area contributed by atoms with Gasteiger partial charge in [0, 0.05) is 11.1 Å². The van der Waals surface area contributed by atoms with Crippen LogP contribution in [0.3, 0.4) is 0 Å². The number of methoxy groups -OCH3 is 1. The van der Waals surface area contributed by atoms with Gasteiger partial charge in [-0.2, -0.15) is 0 Å². The summed E-state index contributed by atoms with van der Waals surface area (Å²) in [5, 5.41) is 19.7. The van der Waals surface area contributed by atoms with Gasteiger partial charge in [-0.15, -0.1) is 9.89 Å². The summed E-state index contributed by atoms with van der Waals surface area (Å²) in [6.45, 7) is 16.0. The zero-order valence-electron chi connectivity index (χ0n) is 22.0. The molecule has 0 fully saturated rings. The Bertz CT molecular complexity index is 1210. The molecule has 1 atom stereocenters. The lowest BCUT2D eigenvalue weighted by molar-refractivity contribution is 0.0610. The first-order chi connectivity index (χ1) is 16.1. The highest BCUT2D eigenvalue weighted by Crippen LogP contribution is 2.44. The van der Waals surface area contributed by atoms with Gasteiger partial charge in [0.15, 0.2) is 11.5 Å². The smallest absolute Gasteiger partial charge is 0.428 e. The molecule has 0 aliphatic rings. The second kappa shape index (κ2) is 9.50. The van der Waals surface area contributed by atoms with Gasteiger partial charge in [-0.1, -0.05) is 45.0 Å². The van der Waals surface area contributed by atoms with Gasteiger partial charge >= 0.3 is 6.09 Å². The molecule has 1 unspecified atom stereocenters. The van der Waals surface area contributed by atoms with E-state index in [2.05, 4.69) is 49.6 Å². The van der Waals surface area contributed by atoms with Gasteiger partial charge in [-0.3, -0.25) is 0 Å². The first-order valence-corrected chi connectivity index (χ1v) is 14.4. The third-order valence-electron chi connectivity index (χ3n) is 6.08. The fourth-order valence-electron chi connectivity index (χ4n) is 3.28. The molecule has 0 saturated heterocycles. The highest BCUT2D eigenvalue weighted by Gasteiger charge is 2.40. The van der Waals surface area contributed by atoms with Crippen molar-refractivity contribution in [3.8, 4) is 11.5 Å². The van der Waals surface area contributed by atoms with E-state index < -0.39 is 26.1 Å². The summed E-state index contributed by atoms with van der Waals surface area (Å²) < 4.78 is 17.6. The van der Waals surface area contributed by atoms with Gasteiger partial charge in [0.1, 0.15) is 22.7 Å². The van der Waals surface area contributed by atoms with E-state index in [0.717, 1.165) is 0 Å². The second-order valence-electron chi connectivity index (χ2n) is 11.0. The minimum atomic E-state index is -2.26. The van der Waals surface area contributed by atoms with Crippen LogP contribution in [0.2, 0.25) is 18.1 Å². The normalized spacial score (nSPS) is 13.4. The summed E-state index contributed by atoms with van der Waals surface area (Å²) in [4.78, 5) is 13.6. The highest BCUT2D eigenvalue weighted by atomic mass is 28.4. The minimum absolute atomic E-state index is 0.0596. The van der Waals surface area contributed by atoms with Gasteiger partial charge in [0.2, 0.25) is 0 Å². The third-order valence-corrected chi connectivity index (χ3v) is 10.4. The van der Waals surface area contributed by atoms with Gasteiger partial charge in [0.05, 0.1) is 7.11 Å². The number of benzene rings is 2. The van der Waals surface area contributed by atoms with E-state index in [1.165, 1.54) is 4.79 Å². The Kier molecular flexibility index (Phi) is 7.19. The maximum Gasteiger partial charge on any atom is 0.428 e. The molecule has 10 heteroatoms. The fourth-order valence-corrected chi connectivity index (χ4v) is 4.31. The molecule has 190 valence electrons. The van der Waals surface area contributed by atoms with Crippen molar-refractivity contribution in [3.05, 3.63) is 47.5 Å². The third kappa shape index (κ3) is 5.76. The number of carbonyl (C=O) groups excluding carboxylic acids is 1. The first kappa shape index (κ1) is 26.5. The van der Waals surface area contributed by atoms with Crippen LogP contribution in [-0.2, 0) is 4.74 Å². The lowest BCUT2D eigenvalue weighted by Crippen LogP contribution is -2.44. The van der Waals surface area contributed by atoms with Crippen molar-refractivity contribution >= 4 is 25.4 Å². The number of aliphatic hydroxyl groups excluding tert-OH is 1. The molecule has 0 spiro atoms. The fraction of sp³-hybridized carbons (Fsp3) is 0.480. The Morgan fingerprint density at radius 2 is 1.69 bits per heavy atom. The van der Waals surface area contributed by atoms with Crippen molar-refractivity contribution in [2.24, 2.45) is 0 Å². The molecule has 1 heterocycles. The number of hydrogen-bond donors (Lipinski definition) is 2. The molecule has 9 nitrogen and oxygen atoms in total. The summed E-state index contributed by atoms with van der Waals surface area (Å²) in [7, 11) is -0.685. The SMILES string of the molecule is COc1cccc(C(O)c2cccc3nnn(NC(=O)OC(C)(C)C)c23)c1O[Si](C)(C)C(C)(C)C. The monoisotopic (exact) mass is 500 g/mol. The number of amides is 1. The van der Waals surface area contributed by atoms with Crippen LogP contribution in [0.4, 0.5) is 4.79 Å². The largest absolute Gasteiger partial charge is 0.541 e. The number of hydrogen-bond acceptors (Lipinski definition) is 7. The number of ether oxygens (including phenoxy) is 2. The van der Waals surface area contributed by atoms with Crippen LogP contribution in [0, 0.1) is 0 Å².